The molecule has 0 unspecified atom stereocenters. The monoisotopic (exact) mass is 509 g/mol. The predicted molar refractivity (Wildman–Crippen MR) is 144 cm³/mol. The van der Waals surface area contributed by atoms with Crippen LogP contribution in [0.25, 0.3) is 11.1 Å². The van der Waals surface area contributed by atoms with Gasteiger partial charge in [0.25, 0.3) is 0 Å². The summed E-state index contributed by atoms with van der Waals surface area (Å²) in [6.07, 6.45) is 14.4. The van der Waals surface area contributed by atoms with E-state index in [1.54, 1.807) is 0 Å². The molecule has 1 heterocycles. The van der Waals surface area contributed by atoms with E-state index in [1.807, 2.05) is 0 Å². The minimum absolute atomic E-state index is 0. The van der Waals surface area contributed by atoms with Crippen LogP contribution in [0.2, 0.25) is 0 Å². The standard InChI is InChI=1S/C27H39N3O2.2ClH/c1-2-3-9-26-25(18-27(30-29-26)32-24-14-10-20(19-28)11-15-24)21-12-16-23(17-13-21)31-22-7-5-4-6-8-22;;/h12-13,16-18,20,22,24H,2-11,14-15,19,28H2,1H3;2*1H. The highest BCUT2D eigenvalue weighted by Crippen LogP contribution is 2.31. The summed E-state index contributed by atoms with van der Waals surface area (Å²) in [4.78, 5) is 0. The molecule has 0 aliphatic heterocycles. The van der Waals surface area contributed by atoms with Gasteiger partial charge in [-0.1, -0.05) is 31.9 Å². The van der Waals surface area contributed by atoms with Gasteiger partial charge in [-0.05, 0) is 94.4 Å². The molecule has 2 fully saturated rings. The van der Waals surface area contributed by atoms with Crippen molar-refractivity contribution < 1.29 is 9.47 Å². The number of ether oxygens (including phenoxy) is 2. The third-order valence-electron chi connectivity index (χ3n) is 7.05. The smallest absolute Gasteiger partial charge is 0.234 e. The zero-order valence-corrected chi connectivity index (χ0v) is 22.0. The largest absolute Gasteiger partial charge is 0.490 e. The molecule has 0 radical (unpaired) electrons. The third-order valence-corrected chi connectivity index (χ3v) is 7.05. The lowest BCUT2D eigenvalue weighted by molar-refractivity contribution is 0.126. The van der Waals surface area contributed by atoms with Crippen molar-refractivity contribution in [3.63, 3.8) is 0 Å². The normalized spacial score (nSPS) is 20.6. The van der Waals surface area contributed by atoms with Crippen molar-refractivity contribution in [3.05, 3.63) is 36.0 Å². The minimum atomic E-state index is 0. The van der Waals surface area contributed by atoms with Gasteiger partial charge in [0.05, 0.1) is 11.8 Å². The number of unbranched alkanes of at least 4 members (excludes halogenated alkanes) is 1. The molecule has 2 aliphatic rings. The van der Waals surface area contributed by atoms with Crippen LogP contribution in [-0.4, -0.2) is 29.0 Å². The van der Waals surface area contributed by atoms with E-state index < -0.39 is 0 Å². The SMILES string of the molecule is CCCCc1nnc(OC2CCC(CN)CC2)cc1-c1ccc(OC2CCCCC2)cc1.Cl.Cl. The Morgan fingerprint density at radius 2 is 1.53 bits per heavy atom. The van der Waals surface area contributed by atoms with E-state index in [9.17, 15) is 0 Å². The maximum Gasteiger partial charge on any atom is 0.234 e. The number of aryl methyl sites for hydroxylation is 1. The van der Waals surface area contributed by atoms with Crippen LogP contribution in [-0.2, 0) is 6.42 Å². The molecule has 4 rings (SSSR count). The zero-order valence-electron chi connectivity index (χ0n) is 20.4. The summed E-state index contributed by atoms with van der Waals surface area (Å²) >= 11 is 0. The Morgan fingerprint density at radius 1 is 0.853 bits per heavy atom. The van der Waals surface area contributed by atoms with Crippen molar-refractivity contribution in [2.24, 2.45) is 11.7 Å². The molecule has 0 spiro atoms. The number of nitrogens with two attached hydrogens (primary N) is 1. The van der Waals surface area contributed by atoms with Crippen molar-refractivity contribution in [2.75, 3.05) is 6.54 Å². The molecule has 1 aromatic carbocycles. The van der Waals surface area contributed by atoms with Gasteiger partial charge < -0.3 is 15.2 Å². The van der Waals surface area contributed by atoms with E-state index in [-0.39, 0.29) is 30.9 Å². The summed E-state index contributed by atoms with van der Waals surface area (Å²) in [6, 6.07) is 10.6. The van der Waals surface area contributed by atoms with Gasteiger partial charge in [0.15, 0.2) is 0 Å². The number of rotatable bonds is 9. The lowest BCUT2D eigenvalue weighted by Crippen LogP contribution is -2.28. The molecule has 0 saturated heterocycles. The maximum absolute atomic E-state index is 6.25. The Labute approximate surface area is 217 Å². The van der Waals surface area contributed by atoms with Crippen LogP contribution >= 0.6 is 24.8 Å². The Bertz CT molecular complexity index is 836. The molecule has 1 aromatic heterocycles. The van der Waals surface area contributed by atoms with Gasteiger partial charge >= 0.3 is 0 Å². The molecule has 5 nitrogen and oxygen atoms in total. The molecule has 2 N–H and O–H groups in total. The van der Waals surface area contributed by atoms with Gasteiger partial charge in [0.1, 0.15) is 11.9 Å². The Kier molecular flexibility index (Phi) is 12.4. The van der Waals surface area contributed by atoms with Crippen LogP contribution in [0.15, 0.2) is 30.3 Å². The minimum Gasteiger partial charge on any atom is -0.490 e. The number of halogens is 2. The first kappa shape index (κ1) is 28.7. The zero-order chi connectivity index (χ0) is 22.2. The average Bonchev–Trinajstić information content (AvgIpc) is 2.85. The Hall–Kier alpha value is -1.56. The first-order valence-electron chi connectivity index (χ1n) is 12.8. The molecule has 190 valence electrons. The lowest BCUT2D eigenvalue weighted by Gasteiger charge is -2.27. The number of benzene rings is 1. The number of hydrogen-bond acceptors (Lipinski definition) is 5. The van der Waals surface area contributed by atoms with E-state index in [2.05, 4.69) is 47.5 Å². The van der Waals surface area contributed by atoms with Crippen molar-refractivity contribution in [2.45, 2.75) is 96.2 Å². The van der Waals surface area contributed by atoms with Gasteiger partial charge in [-0.2, -0.15) is 5.10 Å². The second-order valence-electron chi connectivity index (χ2n) is 9.55. The maximum atomic E-state index is 6.25. The molecular formula is C27H41Cl2N3O2. The summed E-state index contributed by atoms with van der Waals surface area (Å²) in [5.74, 6) is 2.24. The number of nitrogens with zero attached hydrogens (tertiary/aromatic N) is 2. The van der Waals surface area contributed by atoms with E-state index in [4.69, 9.17) is 15.2 Å². The molecule has 2 aliphatic carbocycles. The summed E-state index contributed by atoms with van der Waals surface area (Å²) in [6.45, 7) is 2.99. The van der Waals surface area contributed by atoms with Gasteiger partial charge in [-0.15, -0.1) is 29.9 Å². The molecule has 7 heteroatoms. The molecule has 34 heavy (non-hydrogen) atoms. The Morgan fingerprint density at radius 3 is 2.18 bits per heavy atom. The van der Waals surface area contributed by atoms with Gasteiger partial charge in [-0.25, -0.2) is 0 Å². The van der Waals surface area contributed by atoms with Crippen LogP contribution in [0.4, 0.5) is 0 Å². The second kappa shape index (κ2) is 14.8. The van der Waals surface area contributed by atoms with Crippen LogP contribution in [0.1, 0.15) is 83.2 Å². The van der Waals surface area contributed by atoms with Crippen LogP contribution in [0.5, 0.6) is 11.6 Å². The van der Waals surface area contributed by atoms with Crippen molar-refractivity contribution in [3.8, 4) is 22.8 Å². The highest BCUT2D eigenvalue weighted by atomic mass is 35.5. The lowest BCUT2D eigenvalue weighted by atomic mass is 9.87. The van der Waals surface area contributed by atoms with Crippen LogP contribution in [0, 0.1) is 5.92 Å². The van der Waals surface area contributed by atoms with E-state index >= 15 is 0 Å². The molecule has 0 amide bonds. The van der Waals surface area contributed by atoms with E-state index in [0.29, 0.717) is 17.9 Å². The number of hydrogen-bond donors (Lipinski definition) is 1. The molecule has 0 bridgehead atoms. The quantitative estimate of drug-likeness (QED) is 0.396. The summed E-state index contributed by atoms with van der Waals surface area (Å²) in [5.41, 5.74) is 9.16. The molecule has 2 aromatic rings. The predicted octanol–water partition coefficient (Wildman–Crippen LogP) is 6.94. The summed E-state index contributed by atoms with van der Waals surface area (Å²) < 4.78 is 12.5. The topological polar surface area (TPSA) is 70.3 Å². The first-order chi connectivity index (χ1) is 15.7. The fourth-order valence-electron chi connectivity index (χ4n) is 4.98. The van der Waals surface area contributed by atoms with E-state index in [0.717, 1.165) is 74.1 Å². The highest BCUT2D eigenvalue weighted by molar-refractivity contribution is 5.85. The van der Waals surface area contributed by atoms with Gasteiger partial charge in [-0.3, -0.25) is 0 Å². The molecule has 2 saturated carbocycles. The first-order valence-corrected chi connectivity index (χ1v) is 12.8. The highest BCUT2D eigenvalue weighted by Gasteiger charge is 2.22. The molecular weight excluding hydrogens is 469 g/mol. The third kappa shape index (κ3) is 8.00. The number of aromatic nitrogens is 2. The fourth-order valence-corrected chi connectivity index (χ4v) is 4.98. The second-order valence-corrected chi connectivity index (χ2v) is 9.55. The van der Waals surface area contributed by atoms with Crippen molar-refractivity contribution in [1.29, 1.82) is 0 Å². The molecule has 0 atom stereocenters. The van der Waals surface area contributed by atoms with Crippen molar-refractivity contribution in [1.82, 2.24) is 10.2 Å². The Balaban J connectivity index is 0.00000204. The van der Waals surface area contributed by atoms with Crippen LogP contribution < -0.4 is 15.2 Å². The summed E-state index contributed by atoms with van der Waals surface area (Å²) in [5, 5.41) is 9.00. The van der Waals surface area contributed by atoms with Gasteiger partial charge in [0, 0.05) is 11.6 Å². The van der Waals surface area contributed by atoms with E-state index in [1.165, 1.54) is 32.1 Å². The van der Waals surface area contributed by atoms with Gasteiger partial charge in [0.2, 0.25) is 5.88 Å². The summed E-state index contributed by atoms with van der Waals surface area (Å²) in [7, 11) is 0. The fraction of sp³-hybridized carbons (Fsp3) is 0.630. The van der Waals surface area contributed by atoms with Crippen LogP contribution in [0.3, 0.4) is 0 Å². The average molecular weight is 511 g/mol. The van der Waals surface area contributed by atoms with Crippen molar-refractivity contribution >= 4 is 24.8 Å².